The van der Waals surface area contributed by atoms with Gasteiger partial charge in [-0.05, 0) is 0 Å². The summed E-state index contributed by atoms with van der Waals surface area (Å²) in [5.74, 6) is -1.48. The van der Waals surface area contributed by atoms with Gasteiger partial charge in [0.1, 0.15) is 5.15 Å². The van der Waals surface area contributed by atoms with E-state index in [9.17, 15) is 18.0 Å². The molecule has 2 heterocycles. The fraction of sp³-hybridized carbons (Fsp3) is 0.273. The average Bonchev–Trinajstić information content (AvgIpc) is 2.41. The summed E-state index contributed by atoms with van der Waals surface area (Å²) in [6.45, 7) is 0. The van der Waals surface area contributed by atoms with Gasteiger partial charge in [0.2, 0.25) is 5.82 Å². The first-order valence-electron chi connectivity index (χ1n) is 5.46. The van der Waals surface area contributed by atoms with Gasteiger partial charge in [-0.25, -0.2) is 14.6 Å². The second-order valence-electron chi connectivity index (χ2n) is 3.92. The van der Waals surface area contributed by atoms with E-state index in [1.165, 1.54) is 20.4 Å². The molecule has 2 aromatic heterocycles. The third-order valence-corrected chi connectivity index (χ3v) is 2.87. The van der Waals surface area contributed by atoms with Crippen molar-refractivity contribution >= 4 is 11.6 Å². The molecule has 0 spiro atoms. The summed E-state index contributed by atoms with van der Waals surface area (Å²) in [5, 5.41) is 3.31. The number of nitrogens with zero attached hydrogens (tertiary/aromatic N) is 4. The van der Waals surface area contributed by atoms with Crippen LogP contribution in [0.2, 0.25) is 5.15 Å². The van der Waals surface area contributed by atoms with Crippen LogP contribution in [0.4, 0.5) is 13.2 Å². The molecule has 0 atom stereocenters. The molecule has 0 N–H and O–H groups in total. The molecule has 0 saturated heterocycles. The molecule has 0 amide bonds. The Balaban J connectivity index is 2.64. The summed E-state index contributed by atoms with van der Waals surface area (Å²) in [5.41, 5.74) is -0.433. The Bertz CT molecular complexity index is 745. The highest BCUT2D eigenvalue weighted by molar-refractivity contribution is 6.32. The fourth-order valence-electron chi connectivity index (χ4n) is 1.58. The number of ether oxygens (including phenoxy) is 1. The van der Waals surface area contributed by atoms with Gasteiger partial charge >= 0.3 is 11.7 Å². The lowest BCUT2D eigenvalue weighted by molar-refractivity contribution is -0.144. The van der Waals surface area contributed by atoms with Crippen molar-refractivity contribution in [1.29, 1.82) is 0 Å². The van der Waals surface area contributed by atoms with Gasteiger partial charge in [-0.3, -0.25) is 4.79 Å². The number of aryl methyl sites for hydroxylation is 1. The van der Waals surface area contributed by atoms with Gasteiger partial charge in [-0.15, -0.1) is 0 Å². The molecule has 0 aliphatic carbocycles. The number of hydrogen-bond donors (Lipinski definition) is 0. The van der Waals surface area contributed by atoms with Crippen molar-refractivity contribution in [3.8, 4) is 16.9 Å². The van der Waals surface area contributed by atoms with Crippen molar-refractivity contribution in [2.24, 2.45) is 7.05 Å². The minimum absolute atomic E-state index is 0.0201. The first-order valence-corrected chi connectivity index (χ1v) is 5.84. The van der Waals surface area contributed by atoms with Crippen LogP contribution in [-0.2, 0) is 13.2 Å². The lowest BCUT2D eigenvalue weighted by atomic mass is 10.1. The van der Waals surface area contributed by atoms with Crippen molar-refractivity contribution in [2.75, 3.05) is 7.11 Å². The SMILES string of the molecule is COc1c(-c2cnc(C(F)(F)F)nc2Cl)cnn(C)c1=O. The molecule has 0 aliphatic rings. The van der Waals surface area contributed by atoms with Crippen LogP contribution >= 0.6 is 11.6 Å². The Kier molecular flexibility index (Phi) is 3.86. The maximum Gasteiger partial charge on any atom is 0.451 e. The van der Waals surface area contributed by atoms with Crippen molar-refractivity contribution in [2.45, 2.75) is 6.18 Å². The largest absolute Gasteiger partial charge is 0.491 e. The molecule has 2 rings (SSSR count). The van der Waals surface area contributed by atoms with Gasteiger partial charge in [0, 0.05) is 18.8 Å². The van der Waals surface area contributed by atoms with E-state index < -0.39 is 22.7 Å². The minimum Gasteiger partial charge on any atom is -0.491 e. The van der Waals surface area contributed by atoms with Gasteiger partial charge in [0.05, 0.1) is 18.9 Å². The predicted molar refractivity (Wildman–Crippen MR) is 67.1 cm³/mol. The molecule has 0 bridgehead atoms. The molecule has 10 heteroatoms. The summed E-state index contributed by atoms with van der Waals surface area (Å²) in [7, 11) is 2.65. The molecular formula is C11H8ClF3N4O2. The maximum absolute atomic E-state index is 12.5. The summed E-state index contributed by atoms with van der Waals surface area (Å²) in [4.78, 5) is 18.2. The first-order chi connectivity index (χ1) is 9.75. The number of rotatable bonds is 2. The highest BCUT2D eigenvalue weighted by atomic mass is 35.5. The fourth-order valence-corrected chi connectivity index (χ4v) is 1.82. The normalized spacial score (nSPS) is 11.5. The molecular weight excluding hydrogens is 313 g/mol. The minimum atomic E-state index is -4.71. The van der Waals surface area contributed by atoms with Gasteiger partial charge in [-0.2, -0.15) is 18.3 Å². The zero-order valence-electron chi connectivity index (χ0n) is 10.8. The molecule has 0 saturated carbocycles. The third kappa shape index (κ3) is 2.82. The molecule has 0 unspecified atom stereocenters. The molecule has 0 aliphatic heterocycles. The number of hydrogen-bond acceptors (Lipinski definition) is 5. The van der Waals surface area contributed by atoms with Gasteiger partial charge < -0.3 is 4.74 Å². The van der Waals surface area contributed by atoms with Crippen molar-refractivity contribution in [3.05, 3.63) is 33.7 Å². The Morgan fingerprint density at radius 2 is 1.95 bits per heavy atom. The lowest BCUT2D eigenvalue weighted by Gasteiger charge is -2.11. The Morgan fingerprint density at radius 1 is 1.29 bits per heavy atom. The number of methoxy groups -OCH3 is 1. The molecule has 0 radical (unpaired) electrons. The van der Waals surface area contributed by atoms with Crippen LogP contribution in [0.5, 0.6) is 5.75 Å². The first kappa shape index (κ1) is 15.2. The van der Waals surface area contributed by atoms with E-state index in [0.29, 0.717) is 0 Å². The predicted octanol–water partition coefficient (Wildman–Crippen LogP) is 1.92. The Hall–Kier alpha value is -2.16. The van der Waals surface area contributed by atoms with Crippen molar-refractivity contribution in [1.82, 2.24) is 19.7 Å². The van der Waals surface area contributed by atoms with Crippen LogP contribution in [0.25, 0.3) is 11.1 Å². The van der Waals surface area contributed by atoms with E-state index in [1.54, 1.807) is 0 Å². The topological polar surface area (TPSA) is 69.9 Å². The zero-order valence-corrected chi connectivity index (χ0v) is 11.5. The molecule has 0 aromatic carbocycles. The smallest absolute Gasteiger partial charge is 0.451 e. The van der Waals surface area contributed by atoms with E-state index in [-0.39, 0.29) is 16.9 Å². The van der Waals surface area contributed by atoms with Crippen LogP contribution in [0.1, 0.15) is 5.82 Å². The average molecular weight is 321 g/mol. The van der Waals surface area contributed by atoms with Crippen molar-refractivity contribution < 1.29 is 17.9 Å². The molecule has 6 nitrogen and oxygen atoms in total. The van der Waals surface area contributed by atoms with Crippen LogP contribution in [-0.4, -0.2) is 26.9 Å². The van der Waals surface area contributed by atoms with E-state index in [0.717, 1.165) is 10.9 Å². The quantitative estimate of drug-likeness (QED) is 0.791. The van der Waals surface area contributed by atoms with Crippen LogP contribution in [0, 0.1) is 0 Å². The van der Waals surface area contributed by atoms with Crippen LogP contribution in [0.15, 0.2) is 17.2 Å². The summed E-state index contributed by atoms with van der Waals surface area (Å²) in [6.07, 6.45) is -2.60. The van der Waals surface area contributed by atoms with Crippen LogP contribution in [0.3, 0.4) is 0 Å². The second-order valence-corrected chi connectivity index (χ2v) is 4.27. The number of alkyl halides is 3. The number of halogens is 4. The van der Waals surface area contributed by atoms with Gasteiger partial charge in [0.25, 0.3) is 0 Å². The lowest BCUT2D eigenvalue weighted by Crippen LogP contribution is -2.21. The summed E-state index contributed by atoms with van der Waals surface area (Å²) >= 11 is 5.75. The van der Waals surface area contributed by atoms with E-state index in [1.807, 2.05) is 0 Å². The Morgan fingerprint density at radius 3 is 2.48 bits per heavy atom. The van der Waals surface area contributed by atoms with E-state index in [4.69, 9.17) is 16.3 Å². The highest BCUT2D eigenvalue weighted by Crippen LogP contribution is 2.33. The van der Waals surface area contributed by atoms with E-state index in [2.05, 4.69) is 15.1 Å². The zero-order chi connectivity index (χ0) is 15.8. The molecule has 21 heavy (non-hydrogen) atoms. The van der Waals surface area contributed by atoms with Crippen molar-refractivity contribution in [3.63, 3.8) is 0 Å². The van der Waals surface area contributed by atoms with Gasteiger partial charge in [-0.1, -0.05) is 11.6 Å². The monoisotopic (exact) mass is 320 g/mol. The van der Waals surface area contributed by atoms with Crippen LogP contribution < -0.4 is 10.3 Å². The maximum atomic E-state index is 12.5. The summed E-state index contributed by atoms with van der Waals surface area (Å²) < 4.78 is 43.4. The van der Waals surface area contributed by atoms with E-state index >= 15 is 0 Å². The highest BCUT2D eigenvalue weighted by Gasteiger charge is 2.35. The molecule has 112 valence electrons. The number of aromatic nitrogens is 4. The standard InChI is InChI=1S/C11H8ClF3N4O2/c1-19-9(20)7(21-2)5(4-17-19)6-3-16-10(11(13,14)15)18-8(6)12/h3-4H,1-2H3. The third-order valence-electron chi connectivity index (χ3n) is 2.58. The molecule has 2 aromatic rings. The van der Waals surface area contributed by atoms with Gasteiger partial charge in [0.15, 0.2) is 5.75 Å². The Labute approximate surface area is 121 Å². The molecule has 0 fully saturated rings. The summed E-state index contributed by atoms with van der Waals surface area (Å²) in [6, 6.07) is 0. The second kappa shape index (κ2) is 5.32.